The molecule has 0 radical (unpaired) electrons. The Morgan fingerprint density at radius 2 is 2.00 bits per heavy atom. The quantitative estimate of drug-likeness (QED) is 0.690. The van der Waals surface area contributed by atoms with Crippen LogP contribution in [0.15, 0.2) is 30.5 Å². The van der Waals surface area contributed by atoms with Gasteiger partial charge in [-0.05, 0) is 62.4 Å². The number of nitrogens with zero attached hydrogens (tertiary/aromatic N) is 2. The van der Waals surface area contributed by atoms with Gasteiger partial charge in [-0.3, -0.25) is 0 Å². The molecule has 0 saturated heterocycles. The largest absolute Gasteiger partial charge is 0.491 e. The van der Waals surface area contributed by atoms with Gasteiger partial charge in [0.15, 0.2) is 5.65 Å². The number of pyridine rings is 1. The molecule has 2 heterocycles. The number of hydrogen-bond acceptors (Lipinski definition) is 4. The van der Waals surface area contributed by atoms with E-state index in [0.717, 1.165) is 45.8 Å². The van der Waals surface area contributed by atoms with Gasteiger partial charge < -0.3 is 15.5 Å². The van der Waals surface area contributed by atoms with Gasteiger partial charge in [-0.15, -0.1) is 0 Å². The van der Waals surface area contributed by atoms with Crippen LogP contribution < -0.4 is 10.5 Å². The molecular weight excluding hydrogens is 324 g/mol. The lowest BCUT2D eigenvalue weighted by atomic mass is 9.93. The van der Waals surface area contributed by atoms with Crippen LogP contribution >= 0.6 is 0 Å². The van der Waals surface area contributed by atoms with Crippen LogP contribution in [0, 0.1) is 19.8 Å². The molecule has 3 aromatic rings. The summed E-state index contributed by atoms with van der Waals surface area (Å²) < 4.78 is 6.03. The summed E-state index contributed by atoms with van der Waals surface area (Å²) >= 11 is 0. The Bertz CT molecular complexity index is 912. The molecule has 0 aliphatic rings. The third-order valence-electron chi connectivity index (χ3n) is 4.42. The topological polar surface area (TPSA) is 76.8 Å². The summed E-state index contributed by atoms with van der Waals surface area (Å²) in [6.07, 6.45) is 2.73. The van der Waals surface area contributed by atoms with Crippen molar-refractivity contribution in [1.82, 2.24) is 15.0 Å². The second kappa shape index (κ2) is 7.08. The highest BCUT2D eigenvalue weighted by molar-refractivity contribution is 5.89. The first-order valence-electron chi connectivity index (χ1n) is 9.09. The number of nitrogens with two attached hydrogens (primary N) is 1. The Morgan fingerprint density at radius 3 is 2.69 bits per heavy atom. The van der Waals surface area contributed by atoms with Gasteiger partial charge in [0, 0.05) is 17.3 Å². The van der Waals surface area contributed by atoms with Crippen molar-refractivity contribution in [2.45, 2.75) is 46.6 Å². The normalized spacial score (nSPS) is 14.0. The summed E-state index contributed by atoms with van der Waals surface area (Å²) in [5.41, 5.74) is 11.0. The molecule has 1 aromatic carbocycles. The standard InChI is InChI=1S/C21H28N4O/c1-13(2)11-21(5,22)12-26-18-7-6-16(10-14(18)3)17-8-9-23-20-19(17)24-15(4)25-20/h6-10,13H,11-12,22H2,1-5H3,(H,23,24,25)/t21-/m0/s1. The fraction of sp³-hybridized carbons (Fsp3) is 0.429. The number of aromatic nitrogens is 3. The second-order valence-corrected chi connectivity index (χ2v) is 7.90. The summed E-state index contributed by atoms with van der Waals surface area (Å²) in [7, 11) is 0. The maximum absolute atomic E-state index is 6.36. The van der Waals surface area contributed by atoms with Crippen molar-refractivity contribution in [3.63, 3.8) is 0 Å². The molecule has 0 bridgehead atoms. The summed E-state index contributed by atoms with van der Waals surface area (Å²) in [5.74, 6) is 2.28. The average Bonchev–Trinajstić information content (AvgIpc) is 2.92. The van der Waals surface area contributed by atoms with E-state index >= 15 is 0 Å². The molecule has 0 saturated carbocycles. The van der Waals surface area contributed by atoms with E-state index in [0.29, 0.717) is 12.5 Å². The Morgan fingerprint density at radius 1 is 1.23 bits per heavy atom. The lowest BCUT2D eigenvalue weighted by Gasteiger charge is -2.27. The first-order chi connectivity index (χ1) is 12.2. The van der Waals surface area contributed by atoms with Crippen LogP contribution in [0.1, 0.15) is 38.6 Å². The van der Waals surface area contributed by atoms with Crippen molar-refractivity contribution < 1.29 is 4.74 Å². The smallest absolute Gasteiger partial charge is 0.157 e. The Hall–Kier alpha value is -2.40. The molecular formula is C21H28N4O. The van der Waals surface area contributed by atoms with Crippen LogP contribution in [0.5, 0.6) is 5.75 Å². The lowest BCUT2D eigenvalue weighted by Crippen LogP contribution is -2.43. The number of benzene rings is 1. The third-order valence-corrected chi connectivity index (χ3v) is 4.42. The van der Waals surface area contributed by atoms with E-state index < -0.39 is 0 Å². The molecule has 138 valence electrons. The summed E-state index contributed by atoms with van der Waals surface area (Å²) in [4.78, 5) is 12.1. The molecule has 0 amide bonds. The van der Waals surface area contributed by atoms with E-state index in [1.807, 2.05) is 26.0 Å². The van der Waals surface area contributed by atoms with Crippen molar-refractivity contribution in [1.29, 1.82) is 0 Å². The highest BCUT2D eigenvalue weighted by Gasteiger charge is 2.21. The molecule has 0 aliphatic heterocycles. The number of imidazole rings is 1. The predicted molar refractivity (Wildman–Crippen MR) is 106 cm³/mol. The van der Waals surface area contributed by atoms with E-state index in [2.05, 4.69) is 47.9 Å². The van der Waals surface area contributed by atoms with Crippen LogP contribution in [0.25, 0.3) is 22.3 Å². The number of ether oxygens (including phenoxy) is 1. The minimum Gasteiger partial charge on any atom is -0.491 e. The van der Waals surface area contributed by atoms with Crippen molar-refractivity contribution in [2.75, 3.05) is 6.61 Å². The van der Waals surface area contributed by atoms with Crippen LogP contribution in [-0.2, 0) is 0 Å². The molecule has 3 N–H and O–H groups in total. The summed E-state index contributed by atoms with van der Waals surface area (Å²) in [5, 5.41) is 0. The lowest BCUT2D eigenvalue weighted by molar-refractivity contribution is 0.206. The molecule has 1 atom stereocenters. The zero-order chi connectivity index (χ0) is 18.9. The monoisotopic (exact) mass is 352 g/mol. The summed E-state index contributed by atoms with van der Waals surface area (Å²) in [6.45, 7) is 10.9. The Balaban J connectivity index is 1.83. The fourth-order valence-electron chi connectivity index (χ4n) is 3.47. The number of aromatic amines is 1. The maximum atomic E-state index is 6.36. The van der Waals surface area contributed by atoms with E-state index in [1.165, 1.54) is 0 Å². The zero-order valence-electron chi connectivity index (χ0n) is 16.3. The Kier molecular flexibility index (Phi) is 5.01. The van der Waals surface area contributed by atoms with Gasteiger partial charge in [-0.1, -0.05) is 19.9 Å². The number of fused-ring (bicyclic) bond motifs is 1. The molecule has 0 aliphatic carbocycles. The van der Waals surface area contributed by atoms with Crippen molar-refractivity contribution in [3.8, 4) is 16.9 Å². The first kappa shape index (κ1) is 18.4. The van der Waals surface area contributed by atoms with Crippen molar-refractivity contribution in [3.05, 3.63) is 41.9 Å². The van der Waals surface area contributed by atoms with Gasteiger partial charge in [-0.25, -0.2) is 9.97 Å². The number of hydrogen-bond donors (Lipinski definition) is 2. The molecule has 3 rings (SSSR count). The summed E-state index contributed by atoms with van der Waals surface area (Å²) in [6, 6.07) is 8.21. The molecule has 0 fully saturated rings. The van der Waals surface area contributed by atoms with Gasteiger partial charge in [0.25, 0.3) is 0 Å². The van der Waals surface area contributed by atoms with E-state index in [4.69, 9.17) is 10.5 Å². The third kappa shape index (κ3) is 4.05. The average molecular weight is 352 g/mol. The molecule has 5 nitrogen and oxygen atoms in total. The second-order valence-electron chi connectivity index (χ2n) is 7.90. The number of nitrogens with one attached hydrogen (secondary N) is 1. The van der Waals surface area contributed by atoms with Gasteiger partial charge in [-0.2, -0.15) is 0 Å². The van der Waals surface area contributed by atoms with Crippen molar-refractivity contribution >= 4 is 11.2 Å². The molecule has 26 heavy (non-hydrogen) atoms. The SMILES string of the molecule is Cc1nc2c(-c3ccc(OC[C@@](C)(N)CC(C)C)c(C)c3)ccnc2[nH]1. The van der Waals surface area contributed by atoms with Crippen molar-refractivity contribution in [2.24, 2.45) is 11.7 Å². The molecule has 5 heteroatoms. The zero-order valence-corrected chi connectivity index (χ0v) is 16.3. The van der Waals surface area contributed by atoms with E-state index in [1.54, 1.807) is 6.20 Å². The number of aryl methyl sites for hydroxylation is 2. The van der Waals surface area contributed by atoms with Crippen LogP contribution in [-0.4, -0.2) is 27.1 Å². The minimum atomic E-state index is -0.330. The fourth-order valence-corrected chi connectivity index (χ4v) is 3.47. The number of rotatable bonds is 6. The van der Waals surface area contributed by atoms with Crippen LogP contribution in [0.3, 0.4) is 0 Å². The van der Waals surface area contributed by atoms with E-state index in [9.17, 15) is 0 Å². The predicted octanol–water partition coefficient (Wildman–Crippen LogP) is 4.38. The maximum Gasteiger partial charge on any atom is 0.157 e. The molecule has 2 aromatic heterocycles. The van der Waals surface area contributed by atoms with Crippen LogP contribution in [0.2, 0.25) is 0 Å². The Labute approximate surface area is 155 Å². The van der Waals surface area contributed by atoms with E-state index in [-0.39, 0.29) is 5.54 Å². The minimum absolute atomic E-state index is 0.330. The number of H-pyrrole nitrogens is 1. The first-order valence-corrected chi connectivity index (χ1v) is 9.09. The van der Waals surface area contributed by atoms with Gasteiger partial charge in [0.2, 0.25) is 0 Å². The van der Waals surface area contributed by atoms with Gasteiger partial charge >= 0.3 is 0 Å². The van der Waals surface area contributed by atoms with Crippen LogP contribution in [0.4, 0.5) is 0 Å². The van der Waals surface area contributed by atoms with Gasteiger partial charge in [0.05, 0.1) is 0 Å². The van der Waals surface area contributed by atoms with Gasteiger partial charge in [0.1, 0.15) is 23.7 Å². The highest BCUT2D eigenvalue weighted by atomic mass is 16.5. The molecule has 0 spiro atoms. The highest BCUT2D eigenvalue weighted by Crippen LogP contribution is 2.30. The molecule has 0 unspecified atom stereocenters.